The van der Waals surface area contributed by atoms with Crippen molar-refractivity contribution >= 4 is 11.6 Å². The molecule has 0 radical (unpaired) electrons. The van der Waals surface area contributed by atoms with Crippen LogP contribution >= 0.6 is 11.6 Å². The molecule has 0 aliphatic heterocycles. The zero-order chi connectivity index (χ0) is 13.8. The van der Waals surface area contributed by atoms with Gasteiger partial charge in [-0.05, 0) is 37.6 Å². The predicted molar refractivity (Wildman–Crippen MR) is 79.0 cm³/mol. The highest BCUT2D eigenvalue weighted by Crippen LogP contribution is 2.46. The largest absolute Gasteiger partial charge is 0.395 e. The third kappa shape index (κ3) is 3.37. The van der Waals surface area contributed by atoms with E-state index in [0.717, 1.165) is 31.4 Å². The lowest BCUT2D eigenvalue weighted by Crippen LogP contribution is -2.44. The van der Waals surface area contributed by atoms with Crippen LogP contribution in [0.25, 0.3) is 0 Å². The third-order valence-electron chi connectivity index (χ3n) is 4.53. The molecule has 0 saturated heterocycles. The SMILES string of the molecule is C=C[C@]1(C)CC[C@@H](N(C)CCO)C[C@H]1C(=C)CCl. The highest BCUT2D eigenvalue weighted by atomic mass is 35.5. The summed E-state index contributed by atoms with van der Waals surface area (Å²) in [4.78, 5) is 2.25. The Morgan fingerprint density at radius 1 is 1.61 bits per heavy atom. The van der Waals surface area contributed by atoms with Gasteiger partial charge in [-0.2, -0.15) is 0 Å². The Morgan fingerprint density at radius 3 is 2.78 bits per heavy atom. The van der Waals surface area contributed by atoms with Gasteiger partial charge in [-0.25, -0.2) is 0 Å². The van der Waals surface area contributed by atoms with Gasteiger partial charge in [0.25, 0.3) is 0 Å². The zero-order valence-corrected chi connectivity index (χ0v) is 12.4. The van der Waals surface area contributed by atoms with Gasteiger partial charge >= 0.3 is 0 Å². The highest BCUT2D eigenvalue weighted by molar-refractivity contribution is 6.19. The lowest BCUT2D eigenvalue weighted by molar-refractivity contribution is 0.0893. The van der Waals surface area contributed by atoms with Gasteiger partial charge in [-0.3, -0.25) is 0 Å². The summed E-state index contributed by atoms with van der Waals surface area (Å²) in [6, 6.07) is 0.509. The molecule has 3 atom stereocenters. The van der Waals surface area contributed by atoms with Crippen LogP contribution in [0.15, 0.2) is 24.8 Å². The van der Waals surface area contributed by atoms with Crippen molar-refractivity contribution < 1.29 is 5.11 Å². The molecule has 3 heteroatoms. The average molecular weight is 272 g/mol. The molecule has 1 N–H and O–H groups in total. The van der Waals surface area contributed by atoms with Crippen LogP contribution in [0.3, 0.4) is 0 Å². The summed E-state index contributed by atoms with van der Waals surface area (Å²) in [5.74, 6) is 0.914. The fraction of sp³-hybridized carbons (Fsp3) is 0.733. The van der Waals surface area contributed by atoms with Gasteiger partial charge in [0.1, 0.15) is 0 Å². The van der Waals surface area contributed by atoms with E-state index in [1.165, 1.54) is 0 Å². The molecule has 0 aromatic heterocycles. The predicted octanol–water partition coefficient (Wildman–Crippen LogP) is 3.07. The molecule has 104 valence electrons. The number of likely N-dealkylation sites (N-methyl/N-ethyl adjacent to an activating group) is 1. The molecular formula is C15H26ClNO. The van der Waals surface area contributed by atoms with E-state index in [1.54, 1.807) is 0 Å². The summed E-state index contributed by atoms with van der Waals surface area (Å²) in [5, 5.41) is 9.04. The first-order chi connectivity index (χ1) is 8.48. The lowest BCUT2D eigenvalue weighted by atomic mass is 9.63. The number of hydrogen-bond acceptors (Lipinski definition) is 2. The van der Waals surface area contributed by atoms with Crippen molar-refractivity contribution in [3.63, 3.8) is 0 Å². The van der Waals surface area contributed by atoms with Gasteiger partial charge < -0.3 is 10.0 Å². The second-order valence-corrected chi connectivity index (χ2v) is 5.95. The van der Waals surface area contributed by atoms with Crippen molar-refractivity contribution in [1.29, 1.82) is 0 Å². The van der Waals surface area contributed by atoms with E-state index in [-0.39, 0.29) is 12.0 Å². The molecule has 18 heavy (non-hydrogen) atoms. The first kappa shape index (κ1) is 15.7. The van der Waals surface area contributed by atoms with Gasteiger partial charge in [-0.1, -0.05) is 25.2 Å². The van der Waals surface area contributed by atoms with E-state index in [2.05, 4.69) is 38.1 Å². The molecule has 0 aromatic carbocycles. The maximum Gasteiger partial charge on any atom is 0.0558 e. The van der Waals surface area contributed by atoms with Crippen molar-refractivity contribution in [2.24, 2.45) is 11.3 Å². The van der Waals surface area contributed by atoms with Crippen molar-refractivity contribution in [2.75, 3.05) is 26.1 Å². The van der Waals surface area contributed by atoms with Crippen LogP contribution < -0.4 is 0 Å². The van der Waals surface area contributed by atoms with E-state index in [1.807, 2.05) is 0 Å². The van der Waals surface area contributed by atoms with E-state index in [4.69, 9.17) is 16.7 Å². The van der Waals surface area contributed by atoms with Crippen molar-refractivity contribution in [3.8, 4) is 0 Å². The Hall–Kier alpha value is -0.310. The molecule has 1 aliphatic rings. The molecule has 0 aromatic rings. The summed E-state index contributed by atoms with van der Waals surface area (Å²) in [5.41, 5.74) is 1.23. The monoisotopic (exact) mass is 271 g/mol. The fourth-order valence-corrected chi connectivity index (χ4v) is 3.21. The minimum atomic E-state index is 0.114. The van der Waals surface area contributed by atoms with Crippen LogP contribution in [-0.2, 0) is 0 Å². The molecule has 1 rings (SSSR count). The summed E-state index contributed by atoms with van der Waals surface area (Å²) in [6.45, 7) is 11.3. The molecule has 1 fully saturated rings. The Kier molecular flexibility index (Phi) is 5.90. The smallest absolute Gasteiger partial charge is 0.0558 e. The van der Waals surface area contributed by atoms with Gasteiger partial charge in [0.15, 0.2) is 0 Å². The van der Waals surface area contributed by atoms with E-state index in [9.17, 15) is 0 Å². The molecule has 0 unspecified atom stereocenters. The molecule has 0 amide bonds. The normalized spacial score (nSPS) is 32.5. The molecule has 0 bridgehead atoms. The minimum Gasteiger partial charge on any atom is -0.395 e. The standard InChI is InChI=1S/C15H26ClNO/c1-5-15(3)7-6-13(17(4)8-9-18)10-14(15)12(2)11-16/h5,13-14,18H,1-2,6-11H2,3-4H3/t13-,14+,15-/m1/s1. The molecule has 0 heterocycles. The zero-order valence-electron chi connectivity index (χ0n) is 11.7. The van der Waals surface area contributed by atoms with Crippen molar-refractivity contribution in [3.05, 3.63) is 24.8 Å². The molecule has 1 aliphatic carbocycles. The second kappa shape index (κ2) is 6.74. The van der Waals surface area contributed by atoms with Gasteiger partial charge in [0.05, 0.1) is 6.61 Å². The summed E-state index contributed by atoms with van der Waals surface area (Å²) in [6.07, 6.45) is 5.38. The number of alkyl halides is 1. The Labute approximate surface area is 116 Å². The lowest BCUT2D eigenvalue weighted by Gasteiger charge is -2.46. The number of aliphatic hydroxyl groups is 1. The van der Waals surface area contributed by atoms with Crippen molar-refractivity contribution in [2.45, 2.75) is 32.2 Å². The molecular weight excluding hydrogens is 246 g/mol. The fourth-order valence-electron chi connectivity index (χ4n) is 3.02. The van der Waals surface area contributed by atoms with Crippen molar-refractivity contribution in [1.82, 2.24) is 4.90 Å². The number of rotatable bonds is 6. The Morgan fingerprint density at radius 2 is 2.28 bits per heavy atom. The first-order valence-electron chi connectivity index (χ1n) is 6.66. The highest BCUT2D eigenvalue weighted by Gasteiger charge is 2.39. The third-order valence-corrected chi connectivity index (χ3v) is 4.87. The van der Waals surface area contributed by atoms with Crippen LogP contribution in [0, 0.1) is 11.3 Å². The van der Waals surface area contributed by atoms with E-state index < -0.39 is 0 Å². The molecule has 2 nitrogen and oxygen atoms in total. The van der Waals surface area contributed by atoms with Crippen LogP contribution in [0.2, 0.25) is 0 Å². The van der Waals surface area contributed by atoms with Crippen LogP contribution in [-0.4, -0.2) is 42.1 Å². The topological polar surface area (TPSA) is 23.5 Å². The second-order valence-electron chi connectivity index (χ2n) is 5.69. The minimum absolute atomic E-state index is 0.114. The van der Waals surface area contributed by atoms with E-state index in [0.29, 0.717) is 17.8 Å². The Balaban J connectivity index is 2.79. The van der Waals surface area contributed by atoms with Gasteiger partial charge in [-0.15, -0.1) is 18.2 Å². The summed E-state index contributed by atoms with van der Waals surface area (Å²) in [7, 11) is 2.08. The number of aliphatic hydroxyl groups excluding tert-OH is 1. The van der Waals surface area contributed by atoms with Crippen LogP contribution in [0.5, 0.6) is 0 Å². The van der Waals surface area contributed by atoms with Gasteiger partial charge in [0.2, 0.25) is 0 Å². The van der Waals surface area contributed by atoms with Crippen LogP contribution in [0.4, 0.5) is 0 Å². The summed E-state index contributed by atoms with van der Waals surface area (Å²) < 4.78 is 0. The van der Waals surface area contributed by atoms with E-state index >= 15 is 0 Å². The number of nitrogens with zero attached hydrogens (tertiary/aromatic N) is 1. The Bertz CT molecular complexity index is 305. The maximum absolute atomic E-state index is 9.04. The molecule has 1 saturated carbocycles. The average Bonchev–Trinajstić information content (AvgIpc) is 2.38. The number of hydrogen-bond donors (Lipinski definition) is 1. The number of allylic oxidation sites excluding steroid dienone is 2. The maximum atomic E-state index is 9.04. The summed E-state index contributed by atoms with van der Waals surface area (Å²) >= 11 is 5.97. The molecule has 0 spiro atoms. The first-order valence-corrected chi connectivity index (χ1v) is 7.20. The van der Waals surface area contributed by atoms with Crippen LogP contribution in [0.1, 0.15) is 26.2 Å². The quantitative estimate of drug-likeness (QED) is 0.593. The van der Waals surface area contributed by atoms with Gasteiger partial charge in [0, 0.05) is 18.5 Å². The number of halogens is 1.